The van der Waals surface area contributed by atoms with Crippen LogP contribution in [-0.4, -0.2) is 57.0 Å². The second-order valence-electron chi connectivity index (χ2n) is 5.88. The zero-order chi connectivity index (χ0) is 15.4. The Kier molecular flexibility index (Phi) is 4.95. The van der Waals surface area contributed by atoms with Gasteiger partial charge in [-0.15, -0.1) is 0 Å². The molecule has 3 rings (SSSR count). The quantitative estimate of drug-likeness (QED) is 0.900. The van der Waals surface area contributed by atoms with Gasteiger partial charge in [0.25, 0.3) is 0 Å². The van der Waals surface area contributed by atoms with Crippen molar-refractivity contribution < 1.29 is 8.42 Å². The van der Waals surface area contributed by atoms with Crippen molar-refractivity contribution in [1.29, 1.82) is 0 Å². The number of aromatic nitrogens is 1. The lowest BCUT2D eigenvalue weighted by Crippen LogP contribution is -2.37. The number of nitrogens with zero attached hydrogens (tertiary/aromatic N) is 3. The molecule has 3 heterocycles. The zero-order valence-corrected chi connectivity index (χ0v) is 13.7. The molecule has 6 nitrogen and oxygen atoms in total. The number of hydrogen-bond acceptors (Lipinski definition) is 5. The minimum absolute atomic E-state index is 0.360. The molecule has 0 saturated carbocycles. The van der Waals surface area contributed by atoms with Gasteiger partial charge in [0.05, 0.1) is 0 Å². The van der Waals surface area contributed by atoms with Crippen LogP contribution in [0.15, 0.2) is 23.2 Å². The van der Waals surface area contributed by atoms with Crippen LogP contribution >= 0.6 is 0 Å². The molecule has 0 aromatic carbocycles. The normalized spacial score (nSPS) is 21.5. The van der Waals surface area contributed by atoms with E-state index in [1.807, 2.05) is 0 Å². The van der Waals surface area contributed by atoms with Crippen LogP contribution in [0.3, 0.4) is 0 Å². The van der Waals surface area contributed by atoms with Crippen molar-refractivity contribution >= 4 is 15.8 Å². The van der Waals surface area contributed by atoms with Crippen LogP contribution in [0.1, 0.15) is 25.7 Å². The summed E-state index contributed by atoms with van der Waals surface area (Å²) in [5, 5.41) is 3.34. The van der Waals surface area contributed by atoms with Crippen molar-refractivity contribution in [3.63, 3.8) is 0 Å². The third kappa shape index (κ3) is 3.26. The molecule has 1 aromatic heterocycles. The molecule has 0 bridgehead atoms. The Balaban J connectivity index is 1.92. The molecule has 0 radical (unpaired) electrons. The fourth-order valence-corrected chi connectivity index (χ4v) is 4.80. The molecule has 1 N–H and O–H groups in total. The topological polar surface area (TPSA) is 65.5 Å². The molecule has 22 heavy (non-hydrogen) atoms. The summed E-state index contributed by atoms with van der Waals surface area (Å²) < 4.78 is 27.6. The highest BCUT2D eigenvalue weighted by Gasteiger charge is 2.30. The number of anilines is 1. The van der Waals surface area contributed by atoms with E-state index in [2.05, 4.69) is 15.2 Å². The first-order chi connectivity index (χ1) is 10.7. The van der Waals surface area contributed by atoms with E-state index in [1.54, 1.807) is 22.6 Å². The molecule has 1 aromatic rings. The summed E-state index contributed by atoms with van der Waals surface area (Å²) in [6.45, 7) is 4.71. The average Bonchev–Trinajstić information content (AvgIpc) is 2.85. The molecule has 2 saturated heterocycles. The minimum atomic E-state index is -3.45. The van der Waals surface area contributed by atoms with Crippen LogP contribution < -0.4 is 10.2 Å². The average molecular weight is 324 g/mol. The summed E-state index contributed by atoms with van der Waals surface area (Å²) in [5.74, 6) is 0.608. The molecule has 0 aliphatic carbocycles. The van der Waals surface area contributed by atoms with Crippen molar-refractivity contribution in [3.8, 4) is 0 Å². The predicted octanol–water partition coefficient (Wildman–Crippen LogP) is 1.06. The molecule has 0 amide bonds. The van der Waals surface area contributed by atoms with E-state index in [9.17, 15) is 8.42 Å². The van der Waals surface area contributed by atoms with E-state index in [-0.39, 0.29) is 0 Å². The second-order valence-corrected chi connectivity index (χ2v) is 7.79. The van der Waals surface area contributed by atoms with Gasteiger partial charge in [-0.1, -0.05) is 6.42 Å². The Hall–Kier alpha value is -1.18. The van der Waals surface area contributed by atoms with Crippen LogP contribution in [-0.2, 0) is 10.0 Å². The summed E-state index contributed by atoms with van der Waals surface area (Å²) in [7, 11) is -3.45. The maximum Gasteiger partial charge on any atom is 0.246 e. The summed E-state index contributed by atoms with van der Waals surface area (Å²) in [6.07, 6.45) is 5.69. The zero-order valence-electron chi connectivity index (χ0n) is 12.9. The molecule has 0 atom stereocenters. The largest absolute Gasteiger partial charge is 0.354 e. The minimum Gasteiger partial charge on any atom is -0.354 e. The number of hydrogen-bond donors (Lipinski definition) is 1. The molecular formula is C15H24N4O2S. The molecule has 2 aliphatic rings. The third-order valence-corrected chi connectivity index (χ3v) is 6.24. The van der Waals surface area contributed by atoms with E-state index in [1.165, 1.54) is 0 Å². The lowest BCUT2D eigenvalue weighted by Gasteiger charge is -2.29. The highest BCUT2D eigenvalue weighted by atomic mass is 32.2. The van der Waals surface area contributed by atoms with Gasteiger partial charge in [0.1, 0.15) is 10.7 Å². The van der Waals surface area contributed by atoms with Gasteiger partial charge in [-0.25, -0.2) is 13.4 Å². The predicted molar refractivity (Wildman–Crippen MR) is 86.5 cm³/mol. The van der Waals surface area contributed by atoms with Crippen molar-refractivity contribution in [2.24, 2.45) is 0 Å². The fraction of sp³-hybridized carbons (Fsp3) is 0.667. The molecule has 0 spiro atoms. The maximum atomic E-state index is 13.0. The highest BCUT2D eigenvalue weighted by molar-refractivity contribution is 7.89. The highest BCUT2D eigenvalue weighted by Crippen LogP contribution is 2.27. The summed E-state index contributed by atoms with van der Waals surface area (Å²) >= 11 is 0. The molecule has 2 fully saturated rings. The van der Waals surface area contributed by atoms with Gasteiger partial charge >= 0.3 is 0 Å². The van der Waals surface area contributed by atoms with Gasteiger partial charge < -0.3 is 10.2 Å². The number of nitrogens with one attached hydrogen (secondary N) is 1. The van der Waals surface area contributed by atoms with Crippen LogP contribution in [0.25, 0.3) is 0 Å². The lowest BCUT2D eigenvalue weighted by molar-refractivity contribution is 0.346. The SMILES string of the molecule is O=S(=O)(c1cccnc1N1CCCNCC1)N1CCCCC1. The van der Waals surface area contributed by atoms with E-state index in [4.69, 9.17) is 0 Å². The van der Waals surface area contributed by atoms with Crippen LogP contribution in [0.2, 0.25) is 0 Å². The summed E-state index contributed by atoms with van der Waals surface area (Å²) in [4.78, 5) is 6.85. The summed E-state index contributed by atoms with van der Waals surface area (Å²) in [6, 6.07) is 3.42. The number of piperidine rings is 1. The molecular weight excluding hydrogens is 300 g/mol. The smallest absolute Gasteiger partial charge is 0.246 e. The van der Waals surface area contributed by atoms with Gasteiger partial charge in [0, 0.05) is 38.9 Å². The first-order valence-electron chi connectivity index (χ1n) is 8.10. The first-order valence-corrected chi connectivity index (χ1v) is 9.54. The Labute approximate surface area is 132 Å². The number of rotatable bonds is 3. The van der Waals surface area contributed by atoms with E-state index in [0.29, 0.717) is 23.8 Å². The summed E-state index contributed by atoms with van der Waals surface area (Å²) in [5.41, 5.74) is 0. The number of sulfonamides is 1. The Morgan fingerprint density at radius 3 is 2.64 bits per heavy atom. The van der Waals surface area contributed by atoms with Crippen molar-refractivity contribution in [2.45, 2.75) is 30.6 Å². The van der Waals surface area contributed by atoms with E-state index >= 15 is 0 Å². The van der Waals surface area contributed by atoms with Crippen molar-refractivity contribution in [3.05, 3.63) is 18.3 Å². The van der Waals surface area contributed by atoms with Crippen molar-refractivity contribution in [1.82, 2.24) is 14.6 Å². The fourth-order valence-electron chi connectivity index (χ4n) is 3.12. The third-order valence-electron chi connectivity index (χ3n) is 4.32. The van der Waals surface area contributed by atoms with Crippen LogP contribution in [0, 0.1) is 0 Å². The van der Waals surface area contributed by atoms with Gasteiger partial charge in [0.15, 0.2) is 0 Å². The van der Waals surface area contributed by atoms with Crippen LogP contribution in [0.5, 0.6) is 0 Å². The Bertz CT molecular complexity index is 591. The molecule has 122 valence electrons. The van der Waals surface area contributed by atoms with Crippen molar-refractivity contribution in [2.75, 3.05) is 44.2 Å². The molecule has 2 aliphatic heterocycles. The van der Waals surface area contributed by atoms with E-state index < -0.39 is 10.0 Å². The second kappa shape index (κ2) is 6.93. The van der Waals surface area contributed by atoms with Gasteiger partial charge in [-0.2, -0.15) is 4.31 Å². The standard InChI is InChI=1S/C15H24N4O2S/c20-22(21,19-11-2-1-3-12-19)14-6-4-8-17-15(14)18-10-5-7-16-9-13-18/h4,6,8,16H,1-3,5,7,9-13H2. The monoisotopic (exact) mass is 324 g/mol. The maximum absolute atomic E-state index is 13.0. The Morgan fingerprint density at radius 2 is 1.82 bits per heavy atom. The van der Waals surface area contributed by atoms with Gasteiger partial charge in [-0.3, -0.25) is 0 Å². The van der Waals surface area contributed by atoms with E-state index in [0.717, 1.165) is 51.9 Å². The lowest BCUT2D eigenvalue weighted by atomic mass is 10.2. The van der Waals surface area contributed by atoms with Gasteiger partial charge in [0.2, 0.25) is 10.0 Å². The first kappa shape index (κ1) is 15.7. The number of pyridine rings is 1. The van der Waals surface area contributed by atoms with Crippen LogP contribution in [0.4, 0.5) is 5.82 Å². The van der Waals surface area contributed by atoms with Gasteiger partial charge in [-0.05, 0) is 37.9 Å². The molecule has 0 unspecified atom stereocenters. The Morgan fingerprint density at radius 1 is 1.00 bits per heavy atom. The molecule has 7 heteroatoms.